The zero-order chi connectivity index (χ0) is 57.4. The van der Waals surface area contributed by atoms with Crippen molar-refractivity contribution >= 4 is 47.5 Å². The van der Waals surface area contributed by atoms with Crippen molar-refractivity contribution in [3.63, 3.8) is 0 Å². The number of hydrogen-bond donors (Lipinski definition) is 0. The highest BCUT2D eigenvalue weighted by molar-refractivity contribution is 5.94. The molecule has 0 aliphatic carbocycles. The van der Waals surface area contributed by atoms with E-state index in [9.17, 15) is 43.6 Å². The molecule has 2 heterocycles. The Labute approximate surface area is 457 Å². The van der Waals surface area contributed by atoms with E-state index in [-0.39, 0.29) is 68.1 Å². The minimum absolute atomic E-state index is 0.0443. The molecule has 0 bridgehead atoms. The van der Waals surface area contributed by atoms with Crippen molar-refractivity contribution in [3.05, 3.63) is 71.3 Å². The lowest BCUT2D eigenvalue weighted by molar-refractivity contribution is -0.176. The van der Waals surface area contributed by atoms with Crippen LogP contribution in [-0.2, 0) is 76.7 Å². The Bertz CT molecular complexity index is 2350. The van der Waals surface area contributed by atoms with Crippen molar-refractivity contribution in [2.45, 2.75) is 176 Å². The highest BCUT2D eigenvalue weighted by Gasteiger charge is 2.43. The van der Waals surface area contributed by atoms with Gasteiger partial charge in [-0.3, -0.25) is 24.1 Å². The molecule has 0 spiro atoms. The van der Waals surface area contributed by atoms with E-state index < -0.39 is 96.1 Å². The Morgan fingerprint density at radius 2 is 0.779 bits per heavy atom. The van der Waals surface area contributed by atoms with Crippen LogP contribution in [-0.4, -0.2) is 162 Å². The van der Waals surface area contributed by atoms with Crippen LogP contribution < -0.4 is 0 Å². The molecule has 0 saturated carbocycles. The number of cyclic esters (lactones) is 4. The monoisotopic (exact) mass is 1070 g/mol. The Kier molecular flexibility index (Phi) is 24.1. The number of rotatable bonds is 14. The van der Waals surface area contributed by atoms with E-state index in [1.807, 2.05) is 79.7 Å². The van der Waals surface area contributed by atoms with E-state index in [2.05, 4.69) is 11.0 Å². The molecule has 2 aliphatic rings. The summed E-state index contributed by atoms with van der Waals surface area (Å²) < 4.78 is 24.1. The highest BCUT2D eigenvalue weighted by atomic mass is 16.6. The summed E-state index contributed by atoms with van der Waals surface area (Å²) in [4.78, 5) is 123. The van der Waals surface area contributed by atoms with Gasteiger partial charge in [0.15, 0.2) is 24.4 Å². The fourth-order valence-electron chi connectivity index (χ4n) is 9.78. The highest BCUT2D eigenvalue weighted by Crippen LogP contribution is 2.25. The molecule has 77 heavy (non-hydrogen) atoms. The van der Waals surface area contributed by atoms with E-state index in [0.29, 0.717) is 17.7 Å². The van der Waals surface area contributed by atoms with Crippen LogP contribution in [0.4, 0.5) is 0 Å². The summed E-state index contributed by atoms with van der Waals surface area (Å²) in [5.41, 5.74) is 2.29. The van der Waals surface area contributed by atoms with Crippen molar-refractivity contribution in [3.8, 4) is 6.07 Å². The summed E-state index contributed by atoms with van der Waals surface area (Å²) >= 11 is 0. The fraction of sp³-hybridized carbons (Fsp3) is 0.644. The molecular formula is C59H86N6O12. The van der Waals surface area contributed by atoms with Gasteiger partial charge in [0.2, 0.25) is 0 Å². The molecule has 2 fully saturated rings. The normalized spacial score (nSPS) is 25.3. The zero-order valence-electron chi connectivity index (χ0n) is 48.1. The molecule has 0 radical (unpaired) electrons. The molecule has 0 unspecified atom stereocenters. The van der Waals surface area contributed by atoms with E-state index in [1.165, 1.54) is 46.9 Å². The summed E-state index contributed by atoms with van der Waals surface area (Å²) in [6.07, 6.45) is -4.17. The molecular weight excluding hydrogens is 985 g/mol. The number of carbonyl (C=O) groups is 8. The minimum Gasteiger partial charge on any atom is -0.451 e. The lowest BCUT2D eigenvalue weighted by Crippen LogP contribution is -2.55. The summed E-state index contributed by atoms with van der Waals surface area (Å²) in [5.74, 6) is -7.23. The number of likely N-dealkylation sites (N-methyl/N-ethyl adjacent to an activating group) is 4. The van der Waals surface area contributed by atoms with Crippen LogP contribution in [0.15, 0.2) is 54.6 Å². The number of ether oxygens (including phenoxy) is 4. The van der Waals surface area contributed by atoms with Crippen LogP contribution in [0.1, 0.15) is 124 Å². The summed E-state index contributed by atoms with van der Waals surface area (Å²) in [7, 11) is 5.58. The van der Waals surface area contributed by atoms with Gasteiger partial charge in [0.1, 0.15) is 24.2 Å². The van der Waals surface area contributed by atoms with E-state index in [0.717, 1.165) is 46.2 Å². The van der Waals surface area contributed by atoms with E-state index >= 15 is 0 Å². The summed E-state index contributed by atoms with van der Waals surface area (Å²) in [6.45, 7) is 19.8. The van der Waals surface area contributed by atoms with Gasteiger partial charge in [0.05, 0.1) is 6.07 Å². The quantitative estimate of drug-likeness (QED) is 0.148. The van der Waals surface area contributed by atoms with Gasteiger partial charge in [0, 0.05) is 53.5 Å². The van der Waals surface area contributed by atoms with Crippen molar-refractivity contribution in [2.24, 2.45) is 29.6 Å². The first-order chi connectivity index (χ1) is 36.2. The third-order valence-corrected chi connectivity index (χ3v) is 14.4. The van der Waals surface area contributed by atoms with Crippen molar-refractivity contribution in [2.75, 3.05) is 41.3 Å². The first-order valence-corrected chi connectivity index (χ1v) is 27.3. The number of nitrogens with zero attached hydrogens (tertiary/aromatic N) is 6. The molecule has 2 aromatic carbocycles. The second-order valence-electron chi connectivity index (χ2n) is 22.8. The van der Waals surface area contributed by atoms with Crippen molar-refractivity contribution in [1.29, 1.82) is 5.26 Å². The maximum atomic E-state index is 15.0. The number of benzene rings is 2. The fourth-order valence-corrected chi connectivity index (χ4v) is 9.78. The van der Waals surface area contributed by atoms with Crippen molar-refractivity contribution in [1.82, 2.24) is 24.5 Å². The van der Waals surface area contributed by atoms with Crippen LogP contribution in [0, 0.1) is 40.9 Å². The lowest BCUT2D eigenvalue weighted by atomic mass is 9.98. The van der Waals surface area contributed by atoms with Crippen LogP contribution in [0.3, 0.4) is 0 Å². The number of nitriles is 1. The maximum Gasteiger partial charge on any atom is 0.329 e. The molecule has 0 N–H and O–H groups in total. The predicted molar refractivity (Wildman–Crippen MR) is 289 cm³/mol. The summed E-state index contributed by atoms with van der Waals surface area (Å²) in [6, 6.07) is 13.7. The van der Waals surface area contributed by atoms with Crippen LogP contribution in [0.5, 0.6) is 0 Å². The first-order valence-electron chi connectivity index (χ1n) is 27.3. The van der Waals surface area contributed by atoms with Crippen LogP contribution in [0.2, 0.25) is 0 Å². The maximum absolute atomic E-state index is 15.0. The van der Waals surface area contributed by atoms with Crippen molar-refractivity contribution < 1.29 is 57.3 Å². The molecule has 2 aliphatic heterocycles. The molecule has 18 heteroatoms. The zero-order valence-corrected chi connectivity index (χ0v) is 48.1. The Hall–Kier alpha value is -6.35. The molecule has 424 valence electrons. The Morgan fingerprint density at radius 3 is 1.12 bits per heavy atom. The van der Waals surface area contributed by atoms with Gasteiger partial charge in [-0.25, -0.2) is 19.2 Å². The first kappa shape index (κ1) is 63.2. The van der Waals surface area contributed by atoms with E-state index in [1.54, 1.807) is 30.3 Å². The SMILES string of the molecule is CC(C)C[C@H]1C(=O)O[C@H](Cc2ccc(CN3CCC(C#N)CC3)cc2)C(=O)N(C)[C@@H](CC(C)C)C(=O)O[C@H](C)C(=O)N(C)[C@@H](CC(C)C)C(=O)O[C@H](Cc2ccccc2)C(=O)N(C)[C@@H](CC(C)C)C(=O)O[C@H](C)C(=O)N1C. The molecule has 8 atom stereocenters. The predicted octanol–water partition coefficient (Wildman–Crippen LogP) is 6.40. The average molecular weight is 1070 g/mol. The molecule has 4 rings (SSSR count). The van der Waals surface area contributed by atoms with Gasteiger partial charge in [0.25, 0.3) is 23.6 Å². The minimum atomic E-state index is -1.52. The van der Waals surface area contributed by atoms with Gasteiger partial charge < -0.3 is 38.5 Å². The van der Waals surface area contributed by atoms with Gasteiger partial charge in [-0.05, 0) is 106 Å². The van der Waals surface area contributed by atoms with Crippen LogP contribution >= 0.6 is 0 Å². The second kappa shape index (κ2) is 29.4. The Morgan fingerprint density at radius 1 is 0.468 bits per heavy atom. The number of piperidine rings is 1. The number of esters is 4. The standard InChI is InChI=1S/C59H86N6O12/c1-36(2)28-46-56(70)74-41(10)53(67)62(12)49(31-39(7)8)59(73)77-51(33-43-20-22-45(23-21-43)35-65-26-24-44(34-60)25-27-65)55(69)64(14)47(29-37(3)4)57(71)75-40(9)52(66)61(11)48(30-38(5)6)58(72)76-50(54(68)63(46)13)32-42-18-16-15-17-19-42/h15-23,36-41,44,46-51H,24-33,35H2,1-14H3/t40-,41-,46+,47+,48+,49+,50-,51-/m1/s1. The third kappa shape index (κ3) is 18.4. The summed E-state index contributed by atoms with van der Waals surface area (Å²) in [5, 5.41) is 9.38. The number of amides is 4. The Balaban J connectivity index is 1.83. The number of hydrogen-bond acceptors (Lipinski definition) is 14. The largest absolute Gasteiger partial charge is 0.451 e. The van der Waals surface area contributed by atoms with Gasteiger partial charge >= 0.3 is 23.9 Å². The smallest absolute Gasteiger partial charge is 0.329 e. The van der Waals surface area contributed by atoms with Crippen LogP contribution in [0.25, 0.3) is 0 Å². The molecule has 2 saturated heterocycles. The third-order valence-electron chi connectivity index (χ3n) is 14.4. The van der Waals surface area contributed by atoms with Gasteiger partial charge in [-0.2, -0.15) is 5.26 Å². The average Bonchev–Trinajstić information content (AvgIpc) is 3.38. The molecule has 0 aromatic heterocycles. The number of carbonyl (C=O) groups excluding carboxylic acids is 8. The van der Waals surface area contributed by atoms with Gasteiger partial charge in [-0.1, -0.05) is 110 Å². The van der Waals surface area contributed by atoms with E-state index in [4.69, 9.17) is 18.9 Å². The lowest BCUT2D eigenvalue weighted by Gasteiger charge is -2.35. The topological polar surface area (TPSA) is 213 Å². The second-order valence-corrected chi connectivity index (χ2v) is 22.8. The number of likely N-dealkylation sites (tertiary alicyclic amines) is 1. The molecule has 18 nitrogen and oxygen atoms in total. The molecule has 2 aromatic rings. The van der Waals surface area contributed by atoms with Gasteiger partial charge in [-0.15, -0.1) is 0 Å². The molecule has 4 amide bonds.